The van der Waals surface area contributed by atoms with Gasteiger partial charge in [-0.25, -0.2) is 8.42 Å². The van der Waals surface area contributed by atoms with Crippen LogP contribution in [0.25, 0.3) is 0 Å². The number of hydrogen-bond donors (Lipinski definition) is 1. The smallest absolute Gasteiger partial charge is 0.264 e. The summed E-state index contributed by atoms with van der Waals surface area (Å²) in [6.45, 7) is 9.22. The molecule has 4 rings (SSSR count). The number of benzene rings is 4. The third kappa shape index (κ3) is 9.15. The van der Waals surface area contributed by atoms with Gasteiger partial charge < -0.3 is 10.2 Å². The van der Waals surface area contributed by atoms with E-state index in [4.69, 9.17) is 23.2 Å². The predicted octanol–water partition coefficient (Wildman–Crippen LogP) is 7.53. The van der Waals surface area contributed by atoms with Gasteiger partial charge in [0.2, 0.25) is 11.8 Å². The molecule has 1 atom stereocenters. The Morgan fingerprint density at radius 1 is 0.809 bits per heavy atom. The molecule has 2 amide bonds. The van der Waals surface area contributed by atoms with Gasteiger partial charge in [-0.05, 0) is 73.7 Å². The summed E-state index contributed by atoms with van der Waals surface area (Å²) in [5, 5.41) is 3.64. The van der Waals surface area contributed by atoms with Gasteiger partial charge in [0.05, 0.1) is 10.6 Å². The molecule has 1 N–H and O–H groups in total. The van der Waals surface area contributed by atoms with Gasteiger partial charge >= 0.3 is 0 Å². The van der Waals surface area contributed by atoms with E-state index in [2.05, 4.69) is 5.32 Å². The van der Waals surface area contributed by atoms with Crippen LogP contribution >= 0.6 is 23.2 Å². The number of halogens is 2. The van der Waals surface area contributed by atoms with E-state index in [0.717, 1.165) is 21.0 Å². The van der Waals surface area contributed by atoms with Crippen molar-refractivity contribution in [3.8, 4) is 0 Å². The summed E-state index contributed by atoms with van der Waals surface area (Å²) >= 11 is 13.2. The number of amides is 2. The van der Waals surface area contributed by atoms with Crippen LogP contribution < -0.4 is 9.62 Å². The molecule has 0 aromatic heterocycles. The fourth-order valence-electron chi connectivity index (χ4n) is 5.17. The highest BCUT2D eigenvalue weighted by Crippen LogP contribution is 2.31. The van der Waals surface area contributed by atoms with Crippen LogP contribution in [-0.4, -0.2) is 44.3 Å². The molecule has 0 heterocycles. The lowest BCUT2D eigenvalue weighted by Crippen LogP contribution is -2.54. The minimum atomic E-state index is -4.22. The van der Waals surface area contributed by atoms with Crippen molar-refractivity contribution in [2.45, 2.75) is 58.5 Å². The number of nitrogens with zero attached hydrogens (tertiary/aromatic N) is 2. The van der Waals surface area contributed by atoms with E-state index < -0.39 is 28.5 Å². The van der Waals surface area contributed by atoms with Crippen molar-refractivity contribution in [2.24, 2.45) is 5.92 Å². The number of nitrogens with one attached hydrogen (secondary N) is 1. The van der Waals surface area contributed by atoms with Crippen LogP contribution in [0.5, 0.6) is 0 Å². The lowest BCUT2D eigenvalue weighted by atomic mass is 10.0. The maximum atomic E-state index is 14.7. The Kier molecular flexibility index (Phi) is 12.1. The molecule has 0 aliphatic carbocycles. The van der Waals surface area contributed by atoms with Crippen molar-refractivity contribution in [1.29, 1.82) is 0 Å². The number of rotatable bonds is 13. The SMILES string of the molecule is Cc1ccc(S(=O)(=O)N(CC(=O)N(Cc2c(Cl)cccc2Cl)C(Cc2ccccc2)C(=O)NCC(C)C)c2cc(C)ccc2C)cc1. The molecule has 0 radical (unpaired) electrons. The fraction of sp³-hybridized carbons (Fsp3) is 0.297. The minimum absolute atomic E-state index is 0.0491. The van der Waals surface area contributed by atoms with E-state index >= 15 is 0 Å². The Morgan fingerprint density at radius 2 is 1.43 bits per heavy atom. The quantitative estimate of drug-likeness (QED) is 0.157. The first kappa shape index (κ1) is 36.0. The highest BCUT2D eigenvalue weighted by Gasteiger charge is 2.35. The highest BCUT2D eigenvalue weighted by atomic mass is 35.5. The second-order valence-corrected chi connectivity index (χ2v) is 14.9. The number of aryl methyl sites for hydroxylation is 3. The van der Waals surface area contributed by atoms with Crippen LogP contribution in [0.2, 0.25) is 10.0 Å². The summed E-state index contributed by atoms with van der Waals surface area (Å²) in [6.07, 6.45) is 0.187. The maximum absolute atomic E-state index is 14.7. The Balaban J connectivity index is 1.86. The first-order valence-electron chi connectivity index (χ1n) is 15.5. The van der Waals surface area contributed by atoms with E-state index in [9.17, 15) is 18.0 Å². The fourth-order valence-corrected chi connectivity index (χ4v) is 7.16. The summed E-state index contributed by atoms with van der Waals surface area (Å²) in [7, 11) is -4.22. The summed E-state index contributed by atoms with van der Waals surface area (Å²) in [5.74, 6) is -0.783. The summed E-state index contributed by atoms with van der Waals surface area (Å²) in [4.78, 5) is 30.1. The molecule has 0 bridgehead atoms. The van der Waals surface area contributed by atoms with Gasteiger partial charge in [-0.1, -0.05) is 103 Å². The molecule has 4 aromatic carbocycles. The Morgan fingerprint density at radius 3 is 2.04 bits per heavy atom. The van der Waals surface area contributed by atoms with Crippen molar-refractivity contribution >= 4 is 50.7 Å². The van der Waals surface area contributed by atoms with Gasteiger partial charge in [0.1, 0.15) is 12.6 Å². The van der Waals surface area contributed by atoms with Gasteiger partial charge in [-0.15, -0.1) is 0 Å². The van der Waals surface area contributed by atoms with E-state index in [1.54, 1.807) is 43.3 Å². The molecule has 0 aliphatic heterocycles. The number of hydrogen-bond acceptors (Lipinski definition) is 4. The van der Waals surface area contributed by atoms with Gasteiger partial charge in [-0.3, -0.25) is 13.9 Å². The molecule has 0 saturated heterocycles. The lowest BCUT2D eigenvalue weighted by Gasteiger charge is -2.34. The van der Waals surface area contributed by atoms with Crippen molar-refractivity contribution in [1.82, 2.24) is 10.2 Å². The highest BCUT2D eigenvalue weighted by molar-refractivity contribution is 7.92. The molecular weight excluding hydrogens is 653 g/mol. The molecule has 248 valence electrons. The molecule has 47 heavy (non-hydrogen) atoms. The molecule has 10 heteroatoms. The molecule has 1 unspecified atom stereocenters. The third-order valence-electron chi connectivity index (χ3n) is 7.87. The molecule has 0 fully saturated rings. The number of anilines is 1. The second-order valence-electron chi connectivity index (χ2n) is 12.2. The van der Waals surface area contributed by atoms with Crippen molar-refractivity contribution in [2.75, 3.05) is 17.4 Å². The Hall–Kier alpha value is -3.85. The number of carbonyl (C=O) groups is 2. The Labute approximate surface area is 288 Å². The van der Waals surface area contributed by atoms with Crippen LogP contribution in [0.4, 0.5) is 5.69 Å². The number of carbonyl (C=O) groups excluding carboxylic acids is 2. The van der Waals surface area contributed by atoms with Gasteiger partial charge in [0.25, 0.3) is 10.0 Å². The topological polar surface area (TPSA) is 86.8 Å². The largest absolute Gasteiger partial charge is 0.354 e. The van der Waals surface area contributed by atoms with E-state index in [1.165, 1.54) is 17.0 Å². The standard InChI is InChI=1S/C37H41Cl2N3O4S/c1-25(2)22-40-37(44)35(21-29-10-7-6-8-11-29)41(23-31-32(38)12-9-13-33(31)39)36(43)24-42(34-20-27(4)14-17-28(34)5)47(45,46)30-18-15-26(3)16-19-30/h6-20,25,35H,21-24H2,1-5H3,(H,40,44). The molecule has 0 aliphatic rings. The van der Waals surface area contributed by atoms with E-state index in [-0.39, 0.29) is 29.7 Å². The second kappa shape index (κ2) is 15.8. The molecular formula is C37H41Cl2N3O4S. The Bertz CT molecular complexity index is 1790. The maximum Gasteiger partial charge on any atom is 0.264 e. The average molecular weight is 695 g/mol. The number of sulfonamides is 1. The van der Waals surface area contributed by atoms with Gasteiger partial charge in [0, 0.05) is 35.1 Å². The van der Waals surface area contributed by atoms with Crippen molar-refractivity contribution < 1.29 is 18.0 Å². The zero-order valence-electron chi connectivity index (χ0n) is 27.3. The monoisotopic (exact) mass is 693 g/mol. The average Bonchev–Trinajstić information content (AvgIpc) is 3.03. The van der Waals surface area contributed by atoms with Crippen molar-refractivity contribution in [3.63, 3.8) is 0 Å². The normalized spacial score (nSPS) is 12.1. The van der Waals surface area contributed by atoms with Crippen LogP contribution in [0.3, 0.4) is 0 Å². The van der Waals surface area contributed by atoms with Crippen LogP contribution in [0.15, 0.2) is 95.9 Å². The van der Waals surface area contributed by atoms with Crippen LogP contribution in [-0.2, 0) is 32.6 Å². The van der Waals surface area contributed by atoms with E-state index in [1.807, 2.05) is 70.2 Å². The summed E-state index contributed by atoms with van der Waals surface area (Å²) in [5.41, 5.74) is 4.07. The minimum Gasteiger partial charge on any atom is -0.354 e. The van der Waals surface area contributed by atoms with Crippen molar-refractivity contribution in [3.05, 3.63) is 129 Å². The van der Waals surface area contributed by atoms with Crippen LogP contribution in [0, 0.1) is 26.7 Å². The molecule has 7 nitrogen and oxygen atoms in total. The predicted molar refractivity (Wildman–Crippen MR) is 190 cm³/mol. The first-order chi connectivity index (χ1) is 22.3. The molecule has 4 aromatic rings. The third-order valence-corrected chi connectivity index (χ3v) is 10.3. The lowest BCUT2D eigenvalue weighted by molar-refractivity contribution is -0.140. The zero-order chi connectivity index (χ0) is 34.3. The first-order valence-corrected chi connectivity index (χ1v) is 17.7. The molecule has 0 spiro atoms. The zero-order valence-corrected chi connectivity index (χ0v) is 29.7. The van der Waals surface area contributed by atoms with Gasteiger partial charge in [0.15, 0.2) is 0 Å². The van der Waals surface area contributed by atoms with Crippen LogP contribution in [0.1, 0.15) is 41.7 Å². The molecule has 0 saturated carbocycles. The van der Waals surface area contributed by atoms with Gasteiger partial charge in [-0.2, -0.15) is 0 Å². The summed E-state index contributed by atoms with van der Waals surface area (Å²) in [6, 6.07) is 25.4. The summed E-state index contributed by atoms with van der Waals surface area (Å²) < 4.78 is 29.8. The van der Waals surface area contributed by atoms with E-state index in [0.29, 0.717) is 33.4 Å².